The number of likely N-dealkylation sites (tertiary alicyclic amines) is 1. The molecule has 3 rings (SSSR count). The SMILES string of the molecule is N[C@@H]1CCN(CC(c2cccc(OC(F)(F)F)c2)C2CCCCC2O)C1. The zero-order chi connectivity index (χ0) is 18.7. The molecule has 26 heavy (non-hydrogen) atoms. The molecule has 4 atom stereocenters. The van der Waals surface area contributed by atoms with Crippen molar-refractivity contribution in [3.8, 4) is 5.75 Å². The maximum Gasteiger partial charge on any atom is 0.573 e. The second-order valence-electron chi connectivity index (χ2n) is 7.55. The van der Waals surface area contributed by atoms with Gasteiger partial charge in [-0.2, -0.15) is 0 Å². The quantitative estimate of drug-likeness (QED) is 0.833. The van der Waals surface area contributed by atoms with Gasteiger partial charge in [0.15, 0.2) is 0 Å². The Morgan fingerprint density at radius 3 is 2.65 bits per heavy atom. The van der Waals surface area contributed by atoms with Crippen molar-refractivity contribution in [2.75, 3.05) is 19.6 Å². The Labute approximate surface area is 152 Å². The summed E-state index contributed by atoms with van der Waals surface area (Å²) in [5, 5.41) is 10.5. The van der Waals surface area contributed by atoms with Gasteiger partial charge in [-0.25, -0.2) is 0 Å². The average Bonchev–Trinajstić information content (AvgIpc) is 2.97. The van der Waals surface area contributed by atoms with E-state index in [-0.39, 0.29) is 23.6 Å². The molecular formula is C19H27F3N2O2. The third-order valence-electron chi connectivity index (χ3n) is 5.58. The van der Waals surface area contributed by atoms with Gasteiger partial charge in [0.25, 0.3) is 0 Å². The minimum Gasteiger partial charge on any atom is -0.406 e. The molecule has 1 aromatic carbocycles. The van der Waals surface area contributed by atoms with Crippen LogP contribution in [-0.4, -0.2) is 48.1 Å². The van der Waals surface area contributed by atoms with E-state index in [9.17, 15) is 18.3 Å². The van der Waals surface area contributed by atoms with Crippen molar-refractivity contribution in [3.05, 3.63) is 29.8 Å². The monoisotopic (exact) mass is 372 g/mol. The summed E-state index contributed by atoms with van der Waals surface area (Å²) < 4.78 is 41.8. The Kier molecular flexibility index (Phi) is 6.10. The van der Waals surface area contributed by atoms with Crippen LogP contribution in [0.1, 0.15) is 43.6 Å². The highest BCUT2D eigenvalue weighted by Crippen LogP contribution is 2.38. The number of alkyl halides is 3. The van der Waals surface area contributed by atoms with Crippen molar-refractivity contribution in [1.82, 2.24) is 4.90 Å². The molecule has 2 fully saturated rings. The lowest BCUT2D eigenvalue weighted by molar-refractivity contribution is -0.274. The third kappa shape index (κ3) is 5.11. The summed E-state index contributed by atoms with van der Waals surface area (Å²) in [6, 6.07) is 6.36. The molecule has 0 aromatic heterocycles. The van der Waals surface area contributed by atoms with Gasteiger partial charge < -0.3 is 20.5 Å². The van der Waals surface area contributed by atoms with E-state index in [4.69, 9.17) is 5.73 Å². The number of halogens is 3. The summed E-state index contributed by atoms with van der Waals surface area (Å²) in [5.41, 5.74) is 6.79. The van der Waals surface area contributed by atoms with Gasteiger partial charge in [0, 0.05) is 25.0 Å². The molecule has 1 aliphatic heterocycles. The van der Waals surface area contributed by atoms with E-state index in [1.54, 1.807) is 6.07 Å². The lowest BCUT2D eigenvalue weighted by atomic mass is 9.74. The number of benzene rings is 1. The van der Waals surface area contributed by atoms with Crippen LogP contribution in [0.15, 0.2) is 24.3 Å². The van der Waals surface area contributed by atoms with Crippen LogP contribution in [0.3, 0.4) is 0 Å². The highest BCUT2D eigenvalue weighted by molar-refractivity contribution is 5.32. The first-order valence-corrected chi connectivity index (χ1v) is 9.33. The van der Waals surface area contributed by atoms with Crippen LogP contribution in [0.5, 0.6) is 5.75 Å². The summed E-state index contributed by atoms with van der Waals surface area (Å²) in [7, 11) is 0. The molecule has 3 N–H and O–H groups in total. The molecule has 7 heteroatoms. The molecule has 0 radical (unpaired) electrons. The average molecular weight is 372 g/mol. The largest absolute Gasteiger partial charge is 0.573 e. The molecule has 0 spiro atoms. The van der Waals surface area contributed by atoms with Crippen molar-refractivity contribution in [2.24, 2.45) is 11.7 Å². The standard InChI is InChI=1S/C19H27F3N2O2/c20-19(21,22)26-15-5-3-4-13(10-15)17(12-24-9-8-14(23)11-24)16-6-1-2-7-18(16)25/h3-5,10,14,16-18,25H,1-2,6-9,11-12,23H2/t14-,16?,17?,18?/m1/s1. The number of aliphatic hydroxyl groups is 1. The fourth-order valence-corrected chi connectivity index (χ4v) is 4.35. The predicted molar refractivity (Wildman–Crippen MR) is 92.9 cm³/mol. The molecular weight excluding hydrogens is 345 g/mol. The Hall–Kier alpha value is -1.31. The number of nitrogens with two attached hydrogens (primary N) is 1. The lowest BCUT2D eigenvalue weighted by Crippen LogP contribution is -2.37. The van der Waals surface area contributed by atoms with Crippen LogP contribution in [0.4, 0.5) is 13.2 Å². The topological polar surface area (TPSA) is 58.7 Å². The zero-order valence-electron chi connectivity index (χ0n) is 14.8. The molecule has 0 amide bonds. The lowest BCUT2D eigenvalue weighted by Gasteiger charge is -2.37. The molecule has 4 nitrogen and oxygen atoms in total. The number of nitrogens with zero attached hydrogens (tertiary/aromatic N) is 1. The number of ether oxygens (including phenoxy) is 1. The van der Waals surface area contributed by atoms with Gasteiger partial charge in [0.2, 0.25) is 0 Å². The van der Waals surface area contributed by atoms with Gasteiger partial charge in [-0.15, -0.1) is 13.2 Å². The van der Waals surface area contributed by atoms with E-state index in [0.717, 1.165) is 50.8 Å². The molecule has 1 saturated heterocycles. The summed E-state index contributed by atoms with van der Waals surface area (Å²) in [4.78, 5) is 2.26. The van der Waals surface area contributed by atoms with Crippen LogP contribution >= 0.6 is 0 Å². The molecule has 146 valence electrons. The Morgan fingerprint density at radius 1 is 1.23 bits per heavy atom. The van der Waals surface area contributed by atoms with Gasteiger partial charge in [-0.05, 0) is 49.4 Å². The Morgan fingerprint density at radius 2 is 2.00 bits per heavy atom. The molecule has 0 bridgehead atoms. The van der Waals surface area contributed by atoms with Crippen LogP contribution in [0.2, 0.25) is 0 Å². The molecule has 1 heterocycles. The van der Waals surface area contributed by atoms with E-state index in [0.29, 0.717) is 6.54 Å². The van der Waals surface area contributed by atoms with Crippen molar-refractivity contribution in [1.29, 1.82) is 0 Å². The van der Waals surface area contributed by atoms with Crippen LogP contribution in [0.25, 0.3) is 0 Å². The van der Waals surface area contributed by atoms with Crippen molar-refractivity contribution < 1.29 is 23.0 Å². The van der Waals surface area contributed by atoms with Gasteiger partial charge in [-0.1, -0.05) is 25.0 Å². The molecule has 2 aliphatic rings. The number of hydrogen-bond acceptors (Lipinski definition) is 4. The zero-order valence-corrected chi connectivity index (χ0v) is 14.8. The van der Waals surface area contributed by atoms with Crippen LogP contribution < -0.4 is 10.5 Å². The minimum absolute atomic E-state index is 0.0348. The smallest absolute Gasteiger partial charge is 0.406 e. The number of hydrogen-bond donors (Lipinski definition) is 2. The summed E-state index contributed by atoms with van der Waals surface area (Å²) in [6.07, 6.45) is -0.531. The highest BCUT2D eigenvalue weighted by Gasteiger charge is 2.35. The Bertz CT molecular complexity index is 596. The van der Waals surface area contributed by atoms with E-state index in [1.165, 1.54) is 12.1 Å². The molecule has 3 unspecified atom stereocenters. The van der Waals surface area contributed by atoms with Crippen molar-refractivity contribution in [3.63, 3.8) is 0 Å². The second-order valence-corrected chi connectivity index (χ2v) is 7.55. The molecule has 1 saturated carbocycles. The van der Waals surface area contributed by atoms with E-state index >= 15 is 0 Å². The molecule has 1 aliphatic carbocycles. The van der Waals surface area contributed by atoms with Gasteiger partial charge in [-0.3, -0.25) is 0 Å². The first kappa shape index (κ1) is 19.5. The minimum atomic E-state index is -4.71. The van der Waals surface area contributed by atoms with Crippen molar-refractivity contribution in [2.45, 2.75) is 56.5 Å². The third-order valence-corrected chi connectivity index (χ3v) is 5.58. The van der Waals surface area contributed by atoms with Crippen LogP contribution in [-0.2, 0) is 0 Å². The summed E-state index contributed by atoms with van der Waals surface area (Å²) in [6.45, 7) is 2.38. The summed E-state index contributed by atoms with van der Waals surface area (Å²) in [5.74, 6) is -0.197. The number of aliphatic hydroxyl groups excluding tert-OH is 1. The maximum absolute atomic E-state index is 12.6. The van der Waals surface area contributed by atoms with E-state index in [1.807, 2.05) is 6.07 Å². The predicted octanol–water partition coefficient (Wildman–Crippen LogP) is 3.25. The van der Waals surface area contributed by atoms with Gasteiger partial charge >= 0.3 is 6.36 Å². The second kappa shape index (κ2) is 8.15. The van der Waals surface area contributed by atoms with Gasteiger partial charge in [0.05, 0.1) is 6.10 Å². The van der Waals surface area contributed by atoms with Crippen molar-refractivity contribution >= 4 is 0 Å². The fourth-order valence-electron chi connectivity index (χ4n) is 4.35. The Balaban J connectivity index is 1.83. The van der Waals surface area contributed by atoms with Gasteiger partial charge in [0.1, 0.15) is 5.75 Å². The first-order valence-electron chi connectivity index (χ1n) is 9.33. The normalized spacial score (nSPS) is 28.9. The first-order chi connectivity index (χ1) is 12.3. The molecule has 1 aromatic rings. The summed E-state index contributed by atoms with van der Waals surface area (Å²) >= 11 is 0. The highest BCUT2D eigenvalue weighted by atomic mass is 19.4. The van der Waals surface area contributed by atoms with E-state index < -0.39 is 12.5 Å². The maximum atomic E-state index is 12.6. The fraction of sp³-hybridized carbons (Fsp3) is 0.684. The van der Waals surface area contributed by atoms with Crippen LogP contribution in [0, 0.1) is 5.92 Å². The van der Waals surface area contributed by atoms with E-state index in [2.05, 4.69) is 9.64 Å². The number of rotatable bonds is 5.